The number of hydrogen-bond acceptors (Lipinski definition) is 6. The molecule has 1 saturated heterocycles. The Morgan fingerprint density at radius 2 is 1.72 bits per heavy atom. The first-order chi connectivity index (χ1) is 18.9. The predicted molar refractivity (Wildman–Crippen MR) is 149 cm³/mol. The van der Waals surface area contributed by atoms with E-state index in [1.165, 1.54) is 0 Å². The highest BCUT2D eigenvalue weighted by Gasteiger charge is 2.46. The molecule has 0 unspecified atom stereocenters. The maximum absolute atomic E-state index is 12.8. The summed E-state index contributed by atoms with van der Waals surface area (Å²) in [7, 11) is 3.69. The molecule has 3 aromatic carbocycles. The van der Waals surface area contributed by atoms with E-state index >= 15 is 0 Å². The van der Waals surface area contributed by atoms with Crippen molar-refractivity contribution in [1.82, 2.24) is 10.2 Å². The minimum absolute atomic E-state index is 0.0417. The van der Waals surface area contributed by atoms with Crippen molar-refractivity contribution in [2.75, 3.05) is 32.6 Å². The molecule has 2 aliphatic rings. The molecule has 0 aromatic heterocycles. The molecule has 1 fully saturated rings. The van der Waals surface area contributed by atoms with E-state index < -0.39 is 6.10 Å². The first kappa shape index (κ1) is 26.9. The van der Waals surface area contributed by atoms with Gasteiger partial charge < -0.3 is 30.1 Å². The van der Waals surface area contributed by atoms with Gasteiger partial charge in [-0.2, -0.15) is 0 Å². The van der Waals surface area contributed by atoms with Crippen LogP contribution in [-0.4, -0.2) is 67.4 Å². The fourth-order valence-corrected chi connectivity index (χ4v) is 5.38. The third-order valence-corrected chi connectivity index (χ3v) is 7.21. The van der Waals surface area contributed by atoms with Gasteiger partial charge in [-0.1, -0.05) is 54.6 Å². The molecule has 8 heteroatoms. The first-order valence-electron chi connectivity index (χ1n) is 13.3. The number of likely N-dealkylation sites (N-methyl/N-ethyl adjacent to an activating group) is 1. The van der Waals surface area contributed by atoms with Crippen LogP contribution >= 0.6 is 0 Å². The van der Waals surface area contributed by atoms with Gasteiger partial charge in [0.25, 0.3) is 0 Å². The molecule has 3 N–H and O–H groups in total. The molecular weight excluding hydrogens is 494 g/mol. The number of hydrogen-bond donors (Lipinski definition) is 3. The Kier molecular flexibility index (Phi) is 8.26. The number of ether oxygens (including phenoxy) is 2. The number of nitrogens with zero attached hydrogens (tertiary/aromatic N) is 1. The van der Waals surface area contributed by atoms with Crippen molar-refractivity contribution < 1.29 is 24.2 Å². The fraction of sp³-hybridized carbons (Fsp3) is 0.355. The number of nitrogens with one attached hydrogen (secondary N) is 2. The molecule has 2 aliphatic heterocycles. The van der Waals surface area contributed by atoms with Crippen molar-refractivity contribution in [2.24, 2.45) is 0 Å². The summed E-state index contributed by atoms with van der Waals surface area (Å²) in [6, 6.07) is 23.9. The van der Waals surface area contributed by atoms with Gasteiger partial charge >= 0.3 is 0 Å². The molecule has 3 aromatic rings. The van der Waals surface area contributed by atoms with Crippen LogP contribution in [0.3, 0.4) is 0 Å². The number of benzene rings is 3. The van der Waals surface area contributed by atoms with Crippen molar-refractivity contribution in [3.8, 4) is 16.9 Å². The molecule has 4 atom stereocenters. The van der Waals surface area contributed by atoms with E-state index in [2.05, 4.69) is 34.9 Å². The summed E-state index contributed by atoms with van der Waals surface area (Å²) in [5, 5.41) is 15.9. The number of aliphatic hydroxyl groups excluding tert-OH is 1. The van der Waals surface area contributed by atoms with E-state index in [-0.39, 0.29) is 49.5 Å². The van der Waals surface area contributed by atoms with Crippen molar-refractivity contribution in [3.63, 3.8) is 0 Å². The second-order valence-electron chi connectivity index (χ2n) is 10.5. The molecule has 2 heterocycles. The summed E-state index contributed by atoms with van der Waals surface area (Å²) < 4.78 is 12.2. The van der Waals surface area contributed by atoms with Gasteiger partial charge in [-0.25, -0.2) is 0 Å². The summed E-state index contributed by atoms with van der Waals surface area (Å²) in [5.74, 6) is 0.479. The van der Waals surface area contributed by atoms with Crippen molar-refractivity contribution >= 4 is 17.5 Å². The lowest BCUT2D eigenvalue weighted by Crippen LogP contribution is -2.47. The molecule has 39 heavy (non-hydrogen) atoms. The number of anilines is 1. The fourth-order valence-electron chi connectivity index (χ4n) is 5.38. The highest BCUT2D eigenvalue weighted by atomic mass is 16.6. The molecule has 5 rings (SSSR count). The van der Waals surface area contributed by atoms with Crippen LogP contribution in [0.4, 0.5) is 5.69 Å². The maximum Gasteiger partial charge on any atom is 0.238 e. The lowest BCUT2D eigenvalue weighted by Gasteiger charge is -2.37. The second-order valence-corrected chi connectivity index (χ2v) is 10.5. The highest BCUT2D eigenvalue weighted by Crippen LogP contribution is 2.47. The van der Waals surface area contributed by atoms with Crippen LogP contribution in [0.2, 0.25) is 0 Å². The molecule has 0 spiro atoms. The average Bonchev–Trinajstić information content (AvgIpc) is 3.29. The number of fused-ring (bicyclic) bond motifs is 3. The monoisotopic (exact) mass is 529 g/mol. The number of aliphatic hydroxyl groups is 1. The van der Waals surface area contributed by atoms with Gasteiger partial charge in [-0.15, -0.1) is 0 Å². The summed E-state index contributed by atoms with van der Waals surface area (Å²) in [6.45, 7) is 0.514. The van der Waals surface area contributed by atoms with E-state index in [0.29, 0.717) is 18.7 Å². The minimum atomic E-state index is -0.536. The number of amides is 2. The zero-order chi connectivity index (χ0) is 27.4. The molecular formula is C31H35N3O5. The Morgan fingerprint density at radius 3 is 2.44 bits per heavy atom. The zero-order valence-corrected chi connectivity index (χ0v) is 22.3. The Balaban J connectivity index is 1.19. The predicted octanol–water partition coefficient (Wildman–Crippen LogP) is 3.55. The normalized spacial score (nSPS) is 21.5. The van der Waals surface area contributed by atoms with Gasteiger partial charge in [0.05, 0.1) is 25.7 Å². The number of carbonyl (C=O) groups is 2. The minimum Gasteiger partial charge on any atom is -0.487 e. The van der Waals surface area contributed by atoms with Crippen molar-refractivity contribution in [1.29, 1.82) is 0 Å². The van der Waals surface area contributed by atoms with Gasteiger partial charge in [0.2, 0.25) is 11.8 Å². The Bertz CT molecular complexity index is 1300. The highest BCUT2D eigenvalue weighted by molar-refractivity contribution is 5.92. The van der Waals surface area contributed by atoms with Crippen LogP contribution in [0.25, 0.3) is 11.1 Å². The largest absolute Gasteiger partial charge is 0.487 e. The Morgan fingerprint density at radius 1 is 0.974 bits per heavy atom. The van der Waals surface area contributed by atoms with Gasteiger partial charge in [-0.3, -0.25) is 9.59 Å². The molecule has 2 amide bonds. The zero-order valence-electron chi connectivity index (χ0n) is 22.3. The maximum atomic E-state index is 12.8. The van der Waals surface area contributed by atoms with E-state index in [1.54, 1.807) is 0 Å². The molecule has 0 aliphatic carbocycles. The van der Waals surface area contributed by atoms with Gasteiger partial charge in [-0.05, 0) is 55.4 Å². The molecule has 204 valence electrons. The summed E-state index contributed by atoms with van der Waals surface area (Å²) in [4.78, 5) is 26.9. The van der Waals surface area contributed by atoms with Gasteiger partial charge in [0, 0.05) is 23.7 Å². The second kappa shape index (κ2) is 12.0. The van der Waals surface area contributed by atoms with Gasteiger partial charge in [0.15, 0.2) is 0 Å². The standard InChI is InChI=1S/C31H35N3O5/c1-34(2)18-30(37)33-23-12-13-27-25(14-23)26-15-24(38-28(19-35)31(26)39-27)16-29(36)32-17-20-8-10-22(11-9-20)21-6-4-3-5-7-21/h3-14,24,26,28,31,35H,15-19H2,1-2H3,(H,32,36)(H,33,37)/t24-,26-,28-,31+/m1/s1. The summed E-state index contributed by atoms with van der Waals surface area (Å²) >= 11 is 0. The van der Waals surface area contributed by atoms with E-state index in [0.717, 1.165) is 28.0 Å². The molecule has 0 saturated carbocycles. The third kappa shape index (κ3) is 6.47. The first-order valence-corrected chi connectivity index (χ1v) is 13.3. The number of carbonyl (C=O) groups excluding carboxylic acids is 2. The molecule has 8 nitrogen and oxygen atoms in total. The van der Waals surface area contributed by atoms with E-state index in [4.69, 9.17) is 9.47 Å². The van der Waals surface area contributed by atoms with Crippen LogP contribution in [0.5, 0.6) is 5.75 Å². The SMILES string of the molecule is CN(C)CC(=O)Nc1ccc2c(c1)[C@H]1C[C@H](CC(=O)NCc3ccc(-c4ccccc4)cc3)O[C@H](CO)[C@H]1O2. The summed E-state index contributed by atoms with van der Waals surface area (Å²) in [5.41, 5.74) is 4.96. The lowest BCUT2D eigenvalue weighted by atomic mass is 9.84. The quantitative estimate of drug-likeness (QED) is 0.392. The topological polar surface area (TPSA) is 100 Å². The Labute approximate surface area is 228 Å². The smallest absolute Gasteiger partial charge is 0.238 e. The molecule has 0 bridgehead atoms. The van der Waals surface area contributed by atoms with Crippen LogP contribution in [0.15, 0.2) is 72.8 Å². The average molecular weight is 530 g/mol. The van der Waals surface area contributed by atoms with Crippen molar-refractivity contribution in [3.05, 3.63) is 83.9 Å². The van der Waals surface area contributed by atoms with Crippen LogP contribution in [-0.2, 0) is 20.9 Å². The number of rotatable bonds is 9. The van der Waals surface area contributed by atoms with E-state index in [9.17, 15) is 14.7 Å². The molecule has 0 radical (unpaired) electrons. The van der Waals surface area contributed by atoms with E-state index in [1.807, 2.05) is 67.5 Å². The van der Waals surface area contributed by atoms with Crippen LogP contribution in [0, 0.1) is 0 Å². The van der Waals surface area contributed by atoms with Crippen LogP contribution < -0.4 is 15.4 Å². The lowest BCUT2D eigenvalue weighted by molar-refractivity contribution is -0.142. The van der Waals surface area contributed by atoms with Crippen molar-refractivity contribution in [2.45, 2.75) is 43.6 Å². The summed E-state index contributed by atoms with van der Waals surface area (Å²) in [6.07, 6.45) is -0.449. The Hall–Kier alpha value is -3.72. The van der Waals surface area contributed by atoms with Crippen LogP contribution in [0.1, 0.15) is 29.9 Å². The van der Waals surface area contributed by atoms with Gasteiger partial charge in [0.1, 0.15) is 18.0 Å². The third-order valence-electron chi connectivity index (χ3n) is 7.21.